The van der Waals surface area contributed by atoms with Gasteiger partial charge in [0.15, 0.2) is 0 Å². The van der Waals surface area contributed by atoms with E-state index in [0.29, 0.717) is 0 Å². The second-order valence-corrected chi connectivity index (χ2v) is 13.5. The van der Waals surface area contributed by atoms with Gasteiger partial charge in [0.25, 0.3) is 0 Å². The molecule has 0 saturated heterocycles. The zero-order valence-corrected chi connectivity index (χ0v) is 20.4. The smallest absolute Gasteiger partial charge is 0.0837 e. The number of benzene rings is 1. The summed E-state index contributed by atoms with van der Waals surface area (Å²) in [5, 5.41) is 0. The summed E-state index contributed by atoms with van der Waals surface area (Å²) in [6, 6.07) is 9.37. The number of rotatable bonds is 16. The maximum Gasteiger partial charge on any atom is 0.0837 e. The van der Waals surface area contributed by atoms with Gasteiger partial charge in [0.1, 0.15) is 0 Å². The van der Waals surface area contributed by atoms with E-state index in [1.165, 1.54) is 94.9 Å². The quantitative estimate of drug-likeness (QED) is 0.240. The summed E-state index contributed by atoms with van der Waals surface area (Å²) in [6.45, 7) is 9.64. The number of hydrogen-bond donors (Lipinski definition) is 0. The first-order chi connectivity index (χ1) is 12.6. The van der Waals surface area contributed by atoms with E-state index in [2.05, 4.69) is 51.4 Å². The molecule has 0 spiro atoms. The third kappa shape index (κ3) is 14.6. The minimum atomic E-state index is -0.768. The Morgan fingerprint density at radius 3 is 1.44 bits per heavy atom. The molecule has 0 radical (unpaired) electrons. The monoisotopic (exact) mass is 412 g/mol. The Morgan fingerprint density at radius 2 is 1.00 bits per heavy atom. The van der Waals surface area contributed by atoms with E-state index in [1.807, 2.05) is 0 Å². The van der Waals surface area contributed by atoms with Crippen LogP contribution in [0.2, 0.25) is 0 Å². The SMILES string of the molecule is CCCCCCCCCCCCCC[P+](C)(C)Cc1ccc(CC)cc1.[Cl-]. The van der Waals surface area contributed by atoms with Crippen LogP contribution >= 0.6 is 7.26 Å². The van der Waals surface area contributed by atoms with Gasteiger partial charge in [-0.05, 0) is 30.4 Å². The van der Waals surface area contributed by atoms with Crippen molar-refractivity contribution in [2.24, 2.45) is 0 Å². The summed E-state index contributed by atoms with van der Waals surface area (Å²) >= 11 is 0. The molecule has 0 unspecified atom stereocenters. The fourth-order valence-corrected chi connectivity index (χ4v) is 6.27. The highest BCUT2D eigenvalue weighted by Gasteiger charge is 2.24. The van der Waals surface area contributed by atoms with E-state index < -0.39 is 7.26 Å². The molecule has 0 fully saturated rings. The molecule has 0 heterocycles. The van der Waals surface area contributed by atoms with Gasteiger partial charge in [-0.25, -0.2) is 0 Å². The Kier molecular flexibility index (Phi) is 16.8. The van der Waals surface area contributed by atoms with Gasteiger partial charge in [0.2, 0.25) is 0 Å². The van der Waals surface area contributed by atoms with Crippen molar-refractivity contribution in [3.05, 3.63) is 35.4 Å². The molecule has 0 aliphatic rings. The summed E-state index contributed by atoms with van der Waals surface area (Å²) in [4.78, 5) is 0. The van der Waals surface area contributed by atoms with E-state index in [0.717, 1.165) is 6.42 Å². The van der Waals surface area contributed by atoms with Crippen LogP contribution in [0.15, 0.2) is 24.3 Å². The molecule has 0 aliphatic heterocycles. The zero-order chi connectivity index (χ0) is 19.1. The van der Waals surface area contributed by atoms with Gasteiger partial charge in [-0.2, -0.15) is 0 Å². The predicted molar refractivity (Wildman–Crippen MR) is 124 cm³/mol. The molecule has 1 rings (SSSR count). The lowest BCUT2D eigenvalue weighted by atomic mass is 10.1. The van der Waals surface area contributed by atoms with Crippen molar-refractivity contribution in [1.82, 2.24) is 0 Å². The van der Waals surface area contributed by atoms with Crippen molar-refractivity contribution in [1.29, 1.82) is 0 Å². The minimum absolute atomic E-state index is 0. The molecule has 0 aromatic heterocycles. The van der Waals surface area contributed by atoms with Crippen molar-refractivity contribution in [3.63, 3.8) is 0 Å². The van der Waals surface area contributed by atoms with Crippen LogP contribution in [0.5, 0.6) is 0 Å². The molecule has 0 N–H and O–H groups in total. The summed E-state index contributed by atoms with van der Waals surface area (Å²) in [5.41, 5.74) is 3.02. The molecule has 1 aromatic carbocycles. The van der Waals surface area contributed by atoms with Crippen LogP contribution in [-0.4, -0.2) is 19.5 Å². The molecular weight excluding hydrogens is 367 g/mol. The van der Waals surface area contributed by atoms with E-state index in [-0.39, 0.29) is 12.4 Å². The molecule has 0 nitrogen and oxygen atoms in total. The first-order valence-electron chi connectivity index (χ1n) is 11.5. The average molecular weight is 413 g/mol. The Hall–Kier alpha value is -0.0600. The lowest BCUT2D eigenvalue weighted by Gasteiger charge is -2.18. The van der Waals surface area contributed by atoms with Crippen LogP contribution in [0.1, 0.15) is 102 Å². The molecule has 2 heteroatoms. The Labute approximate surface area is 178 Å². The van der Waals surface area contributed by atoms with Gasteiger partial charge < -0.3 is 12.4 Å². The summed E-state index contributed by atoms with van der Waals surface area (Å²) in [7, 11) is -0.768. The Bertz CT molecular complexity index is 438. The number of hydrogen-bond acceptors (Lipinski definition) is 0. The molecule has 0 aliphatic carbocycles. The van der Waals surface area contributed by atoms with Gasteiger partial charge >= 0.3 is 0 Å². The van der Waals surface area contributed by atoms with E-state index in [4.69, 9.17) is 0 Å². The largest absolute Gasteiger partial charge is 1.00 e. The maximum atomic E-state index is 2.55. The molecule has 0 bridgehead atoms. The van der Waals surface area contributed by atoms with Gasteiger partial charge in [-0.3, -0.25) is 0 Å². The summed E-state index contributed by atoms with van der Waals surface area (Å²) in [5.74, 6) is 0. The Morgan fingerprint density at radius 1 is 0.593 bits per heavy atom. The number of unbranched alkanes of at least 4 members (excludes halogenated alkanes) is 11. The summed E-state index contributed by atoms with van der Waals surface area (Å²) in [6.07, 6.45) is 21.4. The van der Waals surface area contributed by atoms with Gasteiger partial charge in [0.05, 0.1) is 12.3 Å². The first-order valence-corrected chi connectivity index (χ1v) is 14.5. The van der Waals surface area contributed by atoms with Crippen molar-refractivity contribution in [2.45, 2.75) is 103 Å². The van der Waals surface area contributed by atoms with Crippen LogP contribution in [0, 0.1) is 0 Å². The highest BCUT2D eigenvalue weighted by molar-refractivity contribution is 7.73. The highest BCUT2D eigenvalue weighted by atomic mass is 35.5. The normalized spacial score (nSPS) is 11.4. The minimum Gasteiger partial charge on any atom is -1.00 e. The van der Waals surface area contributed by atoms with Gasteiger partial charge in [0, 0.05) is 20.6 Å². The predicted octanol–water partition coefficient (Wildman–Crippen LogP) is 5.73. The molecule has 27 heavy (non-hydrogen) atoms. The van der Waals surface area contributed by atoms with Crippen molar-refractivity contribution in [3.8, 4) is 0 Å². The molecule has 0 amide bonds. The van der Waals surface area contributed by atoms with E-state index >= 15 is 0 Å². The number of aryl methyl sites for hydroxylation is 1. The third-order valence-electron chi connectivity index (χ3n) is 5.66. The lowest BCUT2D eigenvalue weighted by Crippen LogP contribution is -3.00. The number of halogens is 1. The fraction of sp³-hybridized carbons (Fsp3) is 0.760. The van der Waals surface area contributed by atoms with Crippen molar-refractivity contribution >= 4 is 7.26 Å². The van der Waals surface area contributed by atoms with Gasteiger partial charge in [-0.1, -0.05) is 102 Å². The van der Waals surface area contributed by atoms with Crippen LogP contribution in [0.3, 0.4) is 0 Å². The molecule has 0 atom stereocenters. The molecule has 1 aromatic rings. The maximum absolute atomic E-state index is 2.55. The van der Waals surface area contributed by atoms with Crippen LogP contribution < -0.4 is 12.4 Å². The van der Waals surface area contributed by atoms with Crippen molar-refractivity contribution in [2.75, 3.05) is 19.5 Å². The van der Waals surface area contributed by atoms with Crippen LogP contribution in [-0.2, 0) is 12.6 Å². The average Bonchev–Trinajstić information content (AvgIpc) is 2.63. The Balaban J connectivity index is 0.00000676. The molecule has 0 saturated carbocycles. The second-order valence-electron chi connectivity index (χ2n) is 8.88. The van der Waals surface area contributed by atoms with Crippen molar-refractivity contribution < 1.29 is 12.4 Å². The van der Waals surface area contributed by atoms with E-state index in [1.54, 1.807) is 5.56 Å². The molecular formula is C25H46ClP. The van der Waals surface area contributed by atoms with Crippen LogP contribution in [0.25, 0.3) is 0 Å². The topological polar surface area (TPSA) is 0 Å². The van der Waals surface area contributed by atoms with Gasteiger partial charge in [-0.15, -0.1) is 0 Å². The van der Waals surface area contributed by atoms with E-state index in [9.17, 15) is 0 Å². The first kappa shape index (κ1) is 26.9. The second kappa shape index (κ2) is 16.9. The van der Waals surface area contributed by atoms with Crippen LogP contribution in [0.4, 0.5) is 0 Å². The standard InChI is InChI=1S/C25H46P.ClH/c1-5-7-8-9-10-11-12-13-14-15-16-17-22-26(3,4)23-25-20-18-24(6-2)19-21-25;/h18-21H,5-17,22-23H2,1-4H3;1H/q+1;/p-1. The zero-order valence-electron chi connectivity index (χ0n) is 18.7. The third-order valence-corrected chi connectivity index (χ3v) is 8.41. The lowest BCUT2D eigenvalue weighted by molar-refractivity contribution is -0.00000594. The fourth-order valence-electron chi connectivity index (χ4n) is 3.83. The highest BCUT2D eigenvalue weighted by Crippen LogP contribution is 2.55. The summed E-state index contributed by atoms with van der Waals surface area (Å²) < 4.78 is 0. The molecule has 158 valence electrons.